The van der Waals surface area contributed by atoms with Crippen LogP contribution >= 0.6 is 0 Å². The Morgan fingerprint density at radius 1 is 0.187 bits per heavy atom. The molecule has 0 spiro atoms. The number of rotatable bonds is 76. The summed E-state index contributed by atoms with van der Waals surface area (Å²) in [6.45, 7) is 6.18. The number of hydrogen-bond acceptors (Lipinski definition) is 43. The molecule has 0 aliphatic rings. The average Bonchev–Trinajstić information content (AvgIpc) is 0.975. The van der Waals surface area contributed by atoms with Crippen LogP contribution in [0, 0.1) is 0 Å². The minimum absolute atomic E-state index is 0.00857. The molecule has 0 aromatic rings. The van der Waals surface area contributed by atoms with Crippen LogP contribution in [0.4, 0.5) is 0 Å². The molecule has 0 fully saturated rings. The molecule has 0 aliphatic carbocycles. The van der Waals surface area contributed by atoms with E-state index in [1.807, 2.05) is 0 Å². The monoisotopic (exact) mass is 1780 g/mol. The predicted octanol–water partition coefficient (Wildman–Crippen LogP) is 3.86. The van der Waals surface area contributed by atoms with Gasteiger partial charge in [-0.1, -0.05) is 0 Å². The van der Waals surface area contributed by atoms with Gasteiger partial charge in [0.15, 0.2) is 0 Å². The molecule has 0 heterocycles. The molecule has 0 aromatic heterocycles. The quantitative estimate of drug-likeness (QED) is 0.0474. The average molecular weight is 1780 g/mol. The van der Waals surface area contributed by atoms with Gasteiger partial charge in [0.2, 0.25) is 0 Å². The van der Waals surface area contributed by atoms with E-state index < -0.39 is 108 Å². The van der Waals surface area contributed by atoms with Crippen molar-refractivity contribution in [2.75, 3.05) is 214 Å². The highest BCUT2D eigenvalue weighted by atomic mass is 16.6. The normalized spacial score (nSPS) is 10.7. The molecule has 1 unspecified atom stereocenters. The van der Waals surface area contributed by atoms with Crippen molar-refractivity contribution in [1.82, 2.24) is 4.90 Å². The Hall–Kier alpha value is -9.82. The number of methoxy groups -OCH3 is 6. The SMILES string of the molecule is CCOC(=O)CCCC(=O)OCCOC(=O)CCCC(=O)OCCOC.COCCOC(=O)CCCC(=O)OCCN(CCOC(=O)CCCC(=O)OCCOC)CCOC(=O)CCCC(=O)OCCOC.COCCOC(=O)CCCC(=O)OCCOC(=O)CCCC(=O)OCC(C)OC(=O)CCCC(=O)OCCOC(=O)CCCC(=O)OCCOC. The standard InChI is InChI=1S/C33H52O18.C30H51NO15.C17H28O9/c1-25(51-33(41)15-7-13-31(39)49-23-22-47-29(37)11-5-9-27(35)45-19-17-43-3)24-50-32(40)14-6-12-30(38)48-21-20-46-28(36)10-4-8-26(34)44-18-16-42-2;1-38-19-22-44-28(35)10-4-7-25(32)41-16-13-31(14-17-42-26(33)8-5-11-29(36)45-23-20-39-2)15-18-43-27(34)9-6-12-30(37)46-24-21-40-3;1-3-23-14(18)6-4-7-16(20)25-12-13-26-17(21)9-5-8-15(19)24-11-10-22-2/h25H,4-24H2,1-3H3;4-24H2,1-3H3;3-13H2,1-2H3. The van der Waals surface area contributed by atoms with Gasteiger partial charge in [0.05, 0.1) is 46.2 Å². The maximum Gasteiger partial charge on any atom is 0.306 e. The van der Waals surface area contributed by atoms with Crippen LogP contribution in [0.3, 0.4) is 0 Å². The molecule has 0 aliphatic heterocycles. The maximum absolute atomic E-state index is 12.1. The Morgan fingerprint density at radius 3 is 0.488 bits per heavy atom. The molecule has 1 atom stereocenters. The van der Waals surface area contributed by atoms with Crippen molar-refractivity contribution in [2.45, 2.75) is 193 Å². The van der Waals surface area contributed by atoms with E-state index in [4.69, 9.17) is 114 Å². The van der Waals surface area contributed by atoms with Gasteiger partial charge in [-0.25, -0.2) is 0 Å². The van der Waals surface area contributed by atoms with Crippen molar-refractivity contribution in [3.8, 4) is 0 Å². The lowest BCUT2D eigenvalue weighted by molar-refractivity contribution is -0.158. The van der Waals surface area contributed by atoms with E-state index in [1.54, 1.807) is 11.8 Å². The largest absolute Gasteiger partial charge is 0.466 e. The Balaban J connectivity index is -0.00000184. The minimum Gasteiger partial charge on any atom is -0.466 e. The molecule has 0 saturated carbocycles. The fourth-order valence-corrected chi connectivity index (χ4v) is 8.88. The van der Waals surface area contributed by atoms with Gasteiger partial charge < -0.3 is 114 Å². The third kappa shape index (κ3) is 86.9. The van der Waals surface area contributed by atoms with E-state index in [0.717, 1.165) is 0 Å². The third-order valence-corrected chi connectivity index (χ3v) is 15.1. The Labute approximate surface area is 717 Å². The first-order valence-corrected chi connectivity index (χ1v) is 40.7. The summed E-state index contributed by atoms with van der Waals surface area (Å²) < 4.78 is 118. The van der Waals surface area contributed by atoms with E-state index in [0.29, 0.717) is 45.9 Å². The molecular weight excluding hydrogens is 1650 g/mol. The van der Waals surface area contributed by atoms with Crippen LogP contribution in [0.25, 0.3) is 0 Å². The molecule has 708 valence electrons. The van der Waals surface area contributed by atoms with Gasteiger partial charge in [0.25, 0.3) is 0 Å². The lowest BCUT2D eigenvalue weighted by Crippen LogP contribution is -2.35. The summed E-state index contributed by atoms with van der Waals surface area (Å²) in [6.07, 6.45) is 2.19. The van der Waals surface area contributed by atoms with Gasteiger partial charge in [0, 0.05) is 178 Å². The predicted molar refractivity (Wildman–Crippen MR) is 420 cm³/mol. The van der Waals surface area contributed by atoms with Gasteiger partial charge in [-0.05, 0) is 71.6 Å². The highest BCUT2D eigenvalue weighted by Gasteiger charge is 2.19. The van der Waals surface area contributed by atoms with Gasteiger partial charge in [-0.2, -0.15) is 0 Å². The highest BCUT2D eigenvalue weighted by molar-refractivity contribution is 5.78. The van der Waals surface area contributed by atoms with Crippen LogP contribution in [-0.4, -0.2) is 333 Å². The van der Waals surface area contributed by atoms with Gasteiger partial charge in [-0.15, -0.1) is 0 Å². The van der Waals surface area contributed by atoms with E-state index in [-0.39, 0.29) is 305 Å². The number of esters is 18. The Morgan fingerprint density at radius 2 is 0.325 bits per heavy atom. The topological polar surface area (TPSA) is 532 Å². The molecule has 0 saturated heterocycles. The van der Waals surface area contributed by atoms with Crippen LogP contribution in [-0.2, 0) is 200 Å². The van der Waals surface area contributed by atoms with E-state index in [1.165, 1.54) is 49.6 Å². The van der Waals surface area contributed by atoms with Crippen LogP contribution in [0.1, 0.15) is 187 Å². The Kier molecular flexibility index (Phi) is 81.8. The smallest absolute Gasteiger partial charge is 0.306 e. The number of carbonyl (C=O) groups excluding carboxylic acids is 18. The molecular formula is C80H131NO42. The van der Waals surface area contributed by atoms with Crippen LogP contribution in [0.5, 0.6) is 0 Å². The van der Waals surface area contributed by atoms with Gasteiger partial charge in [-0.3, -0.25) is 91.2 Å². The van der Waals surface area contributed by atoms with Crippen molar-refractivity contribution in [2.24, 2.45) is 0 Å². The summed E-state index contributed by atoms with van der Waals surface area (Å²) in [5.74, 6) is -8.77. The van der Waals surface area contributed by atoms with Crippen LogP contribution in [0.15, 0.2) is 0 Å². The van der Waals surface area contributed by atoms with E-state index in [9.17, 15) is 86.3 Å². The van der Waals surface area contributed by atoms with Crippen molar-refractivity contribution >= 4 is 107 Å². The van der Waals surface area contributed by atoms with Crippen LogP contribution < -0.4 is 0 Å². The fraction of sp³-hybridized carbons (Fsp3) is 0.775. The first-order chi connectivity index (χ1) is 59.2. The van der Waals surface area contributed by atoms with Crippen molar-refractivity contribution in [1.29, 1.82) is 0 Å². The molecule has 0 rings (SSSR count). The first kappa shape index (κ1) is 117. The summed E-state index contributed by atoms with van der Waals surface area (Å²) in [5, 5.41) is 0. The second kappa shape index (κ2) is 85.7. The Bertz CT molecular complexity index is 2830. The first-order valence-electron chi connectivity index (χ1n) is 40.7. The molecule has 0 bridgehead atoms. The molecule has 0 aromatic carbocycles. The third-order valence-electron chi connectivity index (χ3n) is 15.1. The molecule has 43 heteroatoms. The van der Waals surface area contributed by atoms with E-state index in [2.05, 4.69) is 0 Å². The number of carbonyl (C=O) groups is 18. The number of ether oxygens (including phenoxy) is 24. The van der Waals surface area contributed by atoms with Crippen LogP contribution in [0.2, 0.25) is 0 Å². The van der Waals surface area contributed by atoms with Crippen molar-refractivity contribution in [3.05, 3.63) is 0 Å². The molecule has 0 N–H and O–H groups in total. The summed E-state index contributed by atoms with van der Waals surface area (Å²) >= 11 is 0. The summed E-state index contributed by atoms with van der Waals surface area (Å²) in [5.41, 5.74) is 0. The second-order valence-electron chi connectivity index (χ2n) is 25.6. The molecule has 43 nitrogen and oxygen atoms in total. The minimum atomic E-state index is -0.744. The number of hydrogen-bond donors (Lipinski definition) is 0. The maximum atomic E-state index is 12.1. The van der Waals surface area contributed by atoms with E-state index >= 15 is 0 Å². The van der Waals surface area contributed by atoms with Gasteiger partial charge >= 0.3 is 107 Å². The molecule has 0 amide bonds. The lowest BCUT2D eigenvalue weighted by Gasteiger charge is -2.22. The summed E-state index contributed by atoms with van der Waals surface area (Å²) in [7, 11) is 8.95. The number of nitrogens with zero attached hydrogens (tertiary/aromatic N) is 1. The second-order valence-corrected chi connectivity index (χ2v) is 25.6. The fourth-order valence-electron chi connectivity index (χ4n) is 8.88. The summed E-state index contributed by atoms with van der Waals surface area (Å²) in [6, 6.07) is 0. The zero-order chi connectivity index (χ0) is 92.0. The van der Waals surface area contributed by atoms with Gasteiger partial charge in [0.1, 0.15) is 112 Å². The summed E-state index contributed by atoms with van der Waals surface area (Å²) in [4.78, 5) is 212. The van der Waals surface area contributed by atoms with Crippen molar-refractivity contribution in [3.63, 3.8) is 0 Å². The zero-order valence-electron chi connectivity index (χ0n) is 72.6. The van der Waals surface area contributed by atoms with Crippen molar-refractivity contribution < 1.29 is 200 Å². The molecule has 123 heavy (non-hydrogen) atoms. The lowest BCUT2D eigenvalue weighted by atomic mass is 10.2. The zero-order valence-corrected chi connectivity index (χ0v) is 72.6. The highest BCUT2D eigenvalue weighted by Crippen LogP contribution is 2.11. The molecule has 0 radical (unpaired) electrons.